The Labute approximate surface area is 181 Å². The van der Waals surface area contributed by atoms with Crippen molar-refractivity contribution in [1.82, 2.24) is 9.55 Å². The quantitative estimate of drug-likeness (QED) is 0.413. The Hall–Kier alpha value is -0.870. The molecule has 0 unspecified atom stereocenters. The maximum atomic E-state index is 11.7. The molecule has 146 valence electrons. The Kier molecular flexibility index (Phi) is 6.08. The van der Waals surface area contributed by atoms with E-state index in [9.17, 15) is 9.59 Å². The maximum Gasteiger partial charge on any atom is 0.303 e. The molecule has 0 N–H and O–H groups in total. The first kappa shape index (κ1) is 20.9. The van der Waals surface area contributed by atoms with Crippen molar-refractivity contribution in [2.24, 2.45) is 0 Å². The molecule has 4 atom stereocenters. The van der Waals surface area contributed by atoms with Crippen molar-refractivity contribution < 1.29 is 23.8 Å². The molecule has 0 spiro atoms. The number of rotatable bonds is 3. The van der Waals surface area contributed by atoms with Crippen LogP contribution in [0.4, 0.5) is 0 Å². The van der Waals surface area contributed by atoms with Crippen molar-refractivity contribution in [1.29, 1.82) is 0 Å². The van der Waals surface area contributed by atoms with Gasteiger partial charge in [0.05, 0.1) is 26.1 Å². The van der Waals surface area contributed by atoms with E-state index in [4.69, 9.17) is 37.4 Å². The molecule has 0 radical (unpaired) electrons. The van der Waals surface area contributed by atoms with Crippen LogP contribution in [-0.4, -0.2) is 39.8 Å². The highest BCUT2D eigenvalue weighted by atomic mass is 79.9. The van der Waals surface area contributed by atoms with Gasteiger partial charge in [-0.1, -0.05) is 23.2 Å². The number of imidazole rings is 1. The summed E-state index contributed by atoms with van der Waals surface area (Å²) in [5.41, 5.74) is 1.14. The number of hydrogen-bond acceptors (Lipinski definition) is 6. The molecule has 7 nitrogen and oxygen atoms in total. The smallest absolute Gasteiger partial charge is 0.303 e. The summed E-state index contributed by atoms with van der Waals surface area (Å²) in [5, 5.41) is 0.646. The van der Waals surface area contributed by atoms with E-state index in [1.807, 2.05) is 0 Å². The number of esters is 2. The summed E-state index contributed by atoms with van der Waals surface area (Å²) in [6.07, 6.45) is -2.95. The van der Waals surface area contributed by atoms with Crippen LogP contribution in [0.15, 0.2) is 15.3 Å². The van der Waals surface area contributed by atoms with Gasteiger partial charge in [0.1, 0.15) is 5.52 Å². The van der Waals surface area contributed by atoms with Crippen LogP contribution in [0.2, 0.25) is 10.0 Å². The Morgan fingerprint density at radius 1 is 1.19 bits per heavy atom. The minimum Gasteiger partial charge on any atom is -0.456 e. The molecule has 1 fully saturated rings. The average molecular weight is 545 g/mol. The van der Waals surface area contributed by atoms with Crippen molar-refractivity contribution in [3.8, 4) is 0 Å². The minimum atomic E-state index is -0.872. The van der Waals surface area contributed by atoms with Crippen molar-refractivity contribution >= 4 is 78.0 Å². The lowest BCUT2D eigenvalue weighted by molar-refractivity contribution is -0.165. The lowest BCUT2D eigenvalue weighted by Gasteiger charge is -2.24. The molecule has 0 bridgehead atoms. The molecule has 1 saturated heterocycles. The predicted octanol–water partition coefficient (Wildman–Crippen LogP) is 4.65. The zero-order valence-corrected chi connectivity index (χ0v) is 19.0. The van der Waals surface area contributed by atoms with Crippen LogP contribution in [0.1, 0.15) is 27.0 Å². The van der Waals surface area contributed by atoms with Gasteiger partial charge in [0.15, 0.2) is 23.2 Å². The third-order valence-corrected chi connectivity index (χ3v) is 6.41. The van der Waals surface area contributed by atoms with Gasteiger partial charge in [-0.3, -0.25) is 14.2 Å². The van der Waals surface area contributed by atoms with E-state index in [0.717, 1.165) is 0 Å². The first-order valence-electron chi connectivity index (χ1n) is 7.82. The van der Waals surface area contributed by atoms with Gasteiger partial charge >= 0.3 is 11.9 Å². The van der Waals surface area contributed by atoms with E-state index in [0.29, 0.717) is 30.3 Å². The molecule has 1 aromatic heterocycles. The highest BCUT2D eigenvalue weighted by Crippen LogP contribution is 2.42. The van der Waals surface area contributed by atoms with Crippen LogP contribution in [-0.2, 0) is 23.8 Å². The highest BCUT2D eigenvalue weighted by molar-refractivity contribution is 9.11. The largest absolute Gasteiger partial charge is 0.456 e. The number of halogens is 4. The molecule has 1 aliphatic rings. The van der Waals surface area contributed by atoms with E-state index in [2.05, 4.69) is 36.8 Å². The van der Waals surface area contributed by atoms with Crippen LogP contribution < -0.4 is 0 Å². The summed E-state index contributed by atoms with van der Waals surface area (Å²) in [4.78, 5) is 27.6. The van der Waals surface area contributed by atoms with E-state index in [-0.39, 0.29) is 0 Å². The molecule has 27 heavy (non-hydrogen) atoms. The molecule has 11 heteroatoms. The van der Waals surface area contributed by atoms with Crippen LogP contribution in [0.5, 0.6) is 0 Å². The summed E-state index contributed by atoms with van der Waals surface area (Å²) in [6, 6.07) is 1.64. The van der Waals surface area contributed by atoms with Gasteiger partial charge in [-0.05, 0) is 44.8 Å². The monoisotopic (exact) mass is 542 g/mol. The third-order valence-electron chi connectivity index (χ3n) is 4.06. The summed E-state index contributed by atoms with van der Waals surface area (Å²) in [5.74, 6) is -1.02. The van der Waals surface area contributed by atoms with Gasteiger partial charge in [-0.25, -0.2) is 4.98 Å². The minimum absolute atomic E-state index is 0.316. The molecular formula is C16H14Br2Cl2N2O5. The van der Waals surface area contributed by atoms with Crippen molar-refractivity contribution in [2.45, 2.75) is 45.3 Å². The number of fused-ring (bicyclic) bond motifs is 1. The number of aromatic nitrogens is 2. The van der Waals surface area contributed by atoms with Crippen LogP contribution in [0.25, 0.3) is 11.0 Å². The van der Waals surface area contributed by atoms with E-state index < -0.39 is 36.5 Å². The van der Waals surface area contributed by atoms with Gasteiger partial charge in [-0.2, -0.15) is 0 Å². The second-order valence-electron chi connectivity index (χ2n) is 5.98. The van der Waals surface area contributed by atoms with Gasteiger partial charge in [0, 0.05) is 13.8 Å². The second-order valence-corrected chi connectivity index (χ2v) is 8.27. The number of benzene rings is 1. The fourth-order valence-corrected chi connectivity index (χ4v) is 4.57. The molecule has 3 rings (SSSR count). The second kappa shape index (κ2) is 7.87. The van der Waals surface area contributed by atoms with Crippen LogP contribution >= 0.6 is 55.1 Å². The number of carbonyl (C=O) groups is 2. The fourth-order valence-electron chi connectivity index (χ4n) is 3.03. The predicted molar refractivity (Wildman–Crippen MR) is 106 cm³/mol. The van der Waals surface area contributed by atoms with E-state index in [1.165, 1.54) is 13.8 Å². The maximum absolute atomic E-state index is 11.7. The molecule has 0 aliphatic carbocycles. The van der Waals surface area contributed by atoms with Gasteiger partial charge in [0.2, 0.25) is 0 Å². The van der Waals surface area contributed by atoms with Crippen LogP contribution in [0.3, 0.4) is 0 Å². The van der Waals surface area contributed by atoms with Gasteiger partial charge in [0.25, 0.3) is 0 Å². The summed E-state index contributed by atoms with van der Waals surface area (Å²) in [6.45, 7) is 4.29. The Morgan fingerprint density at radius 2 is 1.78 bits per heavy atom. The van der Waals surface area contributed by atoms with Gasteiger partial charge < -0.3 is 14.2 Å². The first-order valence-corrected chi connectivity index (χ1v) is 10.2. The molecular weight excluding hydrogens is 531 g/mol. The zero-order chi connectivity index (χ0) is 20.0. The molecule has 1 aliphatic heterocycles. The zero-order valence-electron chi connectivity index (χ0n) is 14.3. The molecule has 1 aromatic carbocycles. The van der Waals surface area contributed by atoms with Crippen LogP contribution in [0, 0.1) is 0 Å². The molecule has 0 saturated carbocycles. The normalized spacial score (nSPS) is 25.0. The third kappa shape index (κ3) is 3.85. The lowest BCUT2D eigenvalue weighted by Crippen LogP contribution is -2.38. The van der Waals surface area contributed by atoms with Crippen molar-refractivity contribution in [3.05, 3.63) is 25.3 Å². The SMILES string of the molecule is CC(=O)O[C@@H]1[C@H](OC(C)=O)[C@@H](C)O[C@H]1n1c(Br)nc2c(Br)c(Cl)c(Cl)cc21. The summed E-state index contributed by atoms with van der Waals surface area (Å²) >= 11 is 19.2. The highest BCUT2D eigenvalue weighted by Gasteiger charge is 2.49. The number of ether oxygens (including phenoxy) is 3. The van der Waals surface area contributed by atoms with Gasteiger partial charge in [-0.15, -0.1) is 0 Å². The molecule has 0 amide bonds. The lowest BCUT2D eigenvalue weighted by atomic mass is 10.1. The Morgan fingerprint density at radius 3 is 2.37 bits per heavy atom. The summed E-state index contributed by atoms with van der Waals surface area (Å²) in [7, 11) is 0. The number of hydrogen-bond donors (Lipinski definition) is 0. The first-order chi connectivity index (χ1) is 12.6. The fraction of sp³-hybridized carbons (Fsp3) is 0.438. The Balaban J connectivity index is 2.15. The Bertz CT molecular complexity index is 935. The summed E-state index contributed by atoms with van der Waals surface area (Å²) < 4.78 is 19.4. The number of carbonyl (C=O) groups excluding carboxylic acids is 2. The number of nitrogens with zero attached hydrogens (tertiary/aromatic N) is 2. The van der Waals surface area contributed by atoms with Crippen molar-refractivity contribution in [3.63, 3.8) is 0 Å². The topological polar surface area (TPSA) is 79.6 Å². The standard InChI is InChI=1S/C16H14Br2Cl2N2O5/c1-5-13(26-6(2)23)14(27-7(3)24)15(25-5)22-9-4-8(19)11(20)10(17)12(9)21-16(22)18/h4-5,13-15H,1-3H3/t5-,13-,14-,15-/m1/s1. The van der Waals surface area contributed by atoms with Crippen molar-refractivity contribution in [2.75, 3.05) is 0 Å². The van der Waals surface area contributed by atoms with E-state index >= 15 is 0 Å². The molecule has 2 heterocycles. The average Bonchev–Trinajstić information content (AvgIpc) is 3.03. The van der Waals surface area contributed by atoms with E-state index in [1.54, 1.807) is 17.6 Å². The molecule has 2 aromatic rings.